The molecule has 1 amide bonds. The molecule has 5 rings (SSSR count). The van der Waals surface area contributed by atoms with Crippen LogP contribution in [-0.4, -0.2) is 43.8 Å². The highest BCUT2D eigenvalue weighted by molar-refractivity contribution is 7.99. The fourth-order valence-corrected chi connectivity index (χ4v) is 6.64. The first-order valence-electron chi connectivity index (χ1n) is 12.3. The second-order valence-electron chi connectivity index (χ2n) is 9.24. The van der Waals surface area contributed by atoms with Crippen LogP contribution in [0, 0.1) is 15.7 Å². The molecule has 1 aliphatic heterocycles. The molecule has 37 heavy (non-hydrogen) atoms. The number of thioether (sulfide) groups is 1. The molecule has 0 spiro atoms. The minimum atomic E-state index is -0.396. The van der Waals surface area contributed by atoms with Gasteiger partial charge in [0.05, 0.1) is 11.4 Å². The Bertz CT molecular complexity index is 1550. The fourth-order valence-electron chi connectivity index (χ4n) is 4.43. The van der Waals surface area contributed by atoms with E-state index in [4.69, 9.17) is 17.2 Å². The first kappa shape index (κ1) is 25.8. The Morgan fingerprint density at radius 2 is 1.70 bits per heavy atom. The lowest BCUT2D eigenvalue weighted by Gasteiger charge is -2.30. The number of piperidine rings is 1. The van der Waals surface area contributed by atoms with Gasteiger partial charge in [-0.2, -0.15) is 0 Å². The van der Waals surface area contributed by atoms with Crippen LogP contribution in [0.3, 0.4) is 0 Å². The SMILES string of the molecule is CCc1ccc(-n2c(=S)sc3c(=O)n(-c4ccc(F)cc4)c(SCC(=O)N4CCC(C)CC4)nc32)cc1. The lowest BCUT2D eigenvalue weighted by molar-refractivity contribution is -0.129. The van der Waals surface area contributed by atoms with Crippen LogP contribution in [0.5, 0.6) is 0 Å². The minimum absolute atomic E-state index is 0.0224. The molecule has 3 heterocycles. The number of benzene rings is 2. The monoisotopic (exact) mass is 554 g/mol. The topological polar surface area (TPSA) is 60.1 Å². The summed E-state index contributed by atoms with van der Waals surface area (Å²) in [7, 11) is 0. The Balaban J connectivity index is 1.59. The minimum Gasteiger partial charge on any atom is -0.342 e. The van der Waals surface area contributed by atoms with Gasteiger partial charge in [0.1, 0.15) is 10.5 Å². The first-order chi connectivity index (χ1) is 17.9. The number of aromatic nitrogens is 3. The molecule has 0 saturated carbocycles. The highest BCUT2D eigenvalue weighted by Crippen LogP contribution is 2.28. The average molecular weight is 555 g/mol. The summed E-state index contributed by atoms with van der Waals surface area (Å²) < 4.78 is 17.9. The molecule has 0 N–H and O–H groups in total. The summed E-state index contributed by atoms with van der Waals surface area (Å²) >= 11 is 8.08. The van der Waals surface area contributed by atoms with E-state index in [2.05, 4.69) is 13.8 Å². The summed E-state index contributed by atoms with van der Waals surface area (Å²) in [6, 6.07) is 13.7. The number of fused-ring (bicyclic) bond motifs is 1. The van der Waals surface area contributed by atoms with Crippen LogP contribution in [0.15, 0.2) is 58.5 Å². The summed E-state index contributed by atoms with van der Waals surface area (Å²) in [5.41, 5.74) is 2.68. The molecule has 4 aromatic rings. The molecule has 2 aromatic heterocycles. The third-order valence-electron chi connectivity index (χ3n) is 6.73. The van der Waals surface area contributed by atoms with Crippen molar-refractivity contribution in [2.75, 3.05) is 18.8 Å². The van der Waals surface area contributed by atoms with Crippen molar-refractivity contribution < 1.29 is 9.18 Å². The van der Waals surface area contributed by atoms with Gasteiger partial charge in [-0.05, 0) is 79.4 Å². The number of hydrogen-bond donors (Lipinski definition) is 0. The van der Waals surface area contributed by atoms with Crippen molar-refractivity contribution in [3.05, 3.63) is 74.2 Å². The van der Waals surface area contributed by atoms with Crippen molar-refractivity contribution in [3.8, 4) is 11.4 Å². The molecular formula is C27H27FN4O2S3. The van der Waals surface area contributed by atoms with Crippen molar-refractivity contribution in [2.24, 2.45) is 5.92 Å². The zero-order valence-electron chi connectivity index (χ0n) is 20.6. The Morgan fingerprint density at radius 3 is 2.35 bits per heavy atom. The molecule has 0 aliphatic carbocycles. The molecule has 1 fully saturated rings. The van der Waals surface area contributed by atoms with E-state index >= 15 is 0 Å². The number of halogens is 1. The van der Waals surface area contributed by atoms with E-state index in [-0.39, 0.29) is 17.2 Å². The maximum absolute atomic E-state index is 13.8. The van der Waals surface area contributed by atoms with E-state index in [1.54, 1.807) is 12.1 Å². The Hall–Kier alpha value is -2.82. The Labute approximate surface area is 227 Å². The molecule has 1 aliphatic rings. The van der Waals surface area contributed by atoms with E-state index < -0.39 is 5.82 Å². The van der Waals surface area contributed by atoms with Gasteiger partial charge in [0.25, 0.3) is 5.56 Å². The van der Waals surface area contributed by atoms with Gasteiger partial charge in [0, 0.05) is 18.8 Å². The zero-order valence-corrected chi connectivity index (χ0v) is 23.1. The summed E-state index contributed by atoms with van der Waals surface area (Å²) in [5, 5.41) is 0.370. The van der Waals surface area contributed by atoms with Crippen molar-refractivity contribution in [1.82, 2.24) is 19.0 Å². The van der Waals surface area contributed by atoms with E-state index in [1.807, 2.05) is 33.7 Å². The number of thiazole rings is 1. The van der Waals surface area contributed by atoms with Crippen molar-refractivity contribution >= 4 is 51.6 Å². The number of carbonyl (C=O) groups excluding carboxylic acids is 1. The van der Waals surface area contributed by atoms with E-state index in [0.29, 0.717) is 31.1 Å². The van der Waals surface area contributed by atoms with Crippen LogP contribution < -0.4 is 5.56 Å². The van der Waals surface area contributed by atoms with Crippen LogP contribution in [0.4, 0.5) is 4.39 Å². The Kier molecular flexibility index (Phi) is 7.60. The molecule has 6 nitrogen and oxygen atoms in total. The number of carbonyl (C=O) groups is 1. The summed E-state index contributed by atoms with van der Waals surface area (Å²) in [6.45, 7) is 5.79. The third-order valence-corrected chi connectivity index (χ3v) is 9.00. The van der Waals surface area contributed by atoms with Crippen molar-refractivity contribution in [1.29, 1.82) is 0 Å². The van der Waals surface area contributed by atoms with Gasteiger partial charge in [-0.1, -0.05) is 49.1 Å². The number of likely N-dealkylation sites (tertiary alicyclic amines) is 1. The third kappa shape index (κ3) is 5.28. The van der Waals surface area contributed by atoms with Gasteiger partial charge in [-0.25, -0.2) is 9.37 Å². The predicted octanol–water partition coefficient (Wildman–Crippen LogP) is 6.02. The maximum Gasteiger partial charge on any atom is 0.278 e. The van der Waals surface area contributed by atoms with Gasteiger partial charge in [0.2, 0.25) is 5.91 Å². The second kappa shape index (κ2) is 10.9. The lowest BCUT2D eigenvalue weighted by Crippen LogP contribution is -2.39. The van der Waals surface area contributed by atoms with Crippen LogP contribution in [0.25, 0.3) is 21.7 Å². The largest absolute Gasteiger partial charge is 0.342 e. The molecule has 10 heteroatoms. The summed E-state index contributed by atoms with van der Waals surface area (Å²) in [5.74, 6) is 0.405. The number of rotatable bonds is 6. The second-order valence-corrected chi connectivity index (χ2v) is 11.8. The van der Waals surface area contributed by atoms with Gasteiger partial charge in [-0.3, -0.25) is 18.7 Å². The van der Waals surface area contributed by atoms with Gasteiger partial charge >= 0.3 is 0 Å². The van der Waals surface area contributed by atoms with Crippen LogP contribution in [0.2, 0.25) is 0 Å². The van der Waals surface area contributed by atoms with Crippen molar-refractivity contribution in [2.45, 2.75) is 38.3 Å². The number of amides is 1. The normalized spacial score (nSPS) is 14.4. The van der Waals surface area contributed by atoms with E-state index in [1.165, 1.54) is 45.4 Å². The zero-order chi connectivity index (χ0) is 26.1. The van der Waals surface area contributed by atoms with Crippen LogP contribution in [0.1, 0.15) is 32.3 Å². The summed E-state index contributed by atoms with van der Waals surface area (Å²) in [6.07, 6.45) is 2.91. The van der Waals surface area contributed by atoms with Crippen molar-refractivity contribution in [3.63, 3.8) is 0 Å². The standard InChI is InChI=1S/C27H27FN4O2S3/c1-3-18-4-8-20(9-5-18)31-24-23(37-27(31)35)25(34)32(21-10-6-19(28)7-11-21)26(29-24)36-16-22(33)30-14-12-17(2)13-15-30/h4-11,17H,3,12-16H2,1-2H3. The predicted molar refractivity (Wildman–Crippen MR) is 150 cm³/mol. The molecule has 0 radical (unpaired) electrons. The number of aryl methyl sites for hydroxylation is 1. The first-order valence-corrected chi connectivity index (χ1v) is 14.5. The number of hydrogen-bond acceptors (Lipinski definition) is 6. The molecule has 1 saturated heterocycles. The van der Waals surface area contributed by atoms with E-state index in [0.717, 1.165) is 38.0 Å². The molecule has 0 atom stereocenters. The molecule has 0 unspecified atom stereocenters. The lowest BCUT2D eigenvalue weighted by atomic mass is 9.99. The Morgan fingerprint density at radius 1 is 1.08 bits per heavy atom. The van der Waals surface area contributed by atoms with Gasteiger partial charge < -0.3 is 4.90 Å². The highest BCUT2D eigenvalue weighted by atomic mass is 32.2. The van der Waals surface area contributed by atoms with E-state index in [9.17, 15) is 14.0 Å². The quantitative estimate of drug-likeness (QED) is 0.166. The van der Waals surface area contributed by atoms with Crippen LogP contribution in [-0.2, 0) is 11.2 Å². The highest BCUT2D eigenvalue weighted by Gasteiger charge is 2.23. The molecular weight excluding hydrogens is 528 g/mol. The fraction of sp³-hybridized carbons (Fsp3) is 0.333. The maximum atomic E-state index is 13.8. The smallest absolute Gasteiger partial charge is 0.278 e. The molecule has 192 valence electrons. The summed E-state index contributed by atoms with van der Waals surface area (Å²) in [4.78, 5) is 33.5. The molecule has 0 bridgehead atoms. The number of nitrogens with zero attached hydrogens (tertiary/aromatic N) is 4. The van der Waals surface area contributed by atoms with Gasteiger partial charge in [0.15, 0.2) is 14.8 Å². The average Bonchev–Trinajstić information content (AvgIpc) is 3.24. The molecule has 2 aromatic carbocycles. The van der Waals surface area contributed by atoms with Crippen LogP contribution >= 0.6 is 35.3 Å². The van der Waals surface area contributed by atoms with Gasteiger partial charge in [-0.15, -0.1) is 0 Å².